The molecule has 0 fully saturated rings. The van der Waals surface area contributed by atoms with E-state index in [-0.39, 0.29) is 11.8 Å². The lowest BCUT2D eigenvalue weighted by Gasteiger charge is -2.09. The number of hydrogen-bond acceptors (Lipinski definition) is 3. The molecule has 25 heavy (non-hydrogen) atoms. The number of benzene rings is 2. The Kier molecular flexibility index (Phi) is 4.83. The van der Waals surface area contributed by atoms with Crippen molar-refractivity contribution < 1.29 is 13.9 Å². The highest BCUT2D eigenvalue weighted by Crippen LogP contribution is 2.18. The number of aromatic nitrogens is 2. The average molecular weight is 342 g/mol. The SMILES string of the molecule is COc1cccc(NC(=O)NCCc2nc3c(F)cccc3n2C)c1. The summed E-state index contributed by atoms with van der Waals surface area (Å²) in [4.78, 5) is 16.3. The Morgan fingerprint density at radius 1 is 1.28 bits per heavy atom. The van der Waals surface area contributed by atoms with E-state index in [1.54, 1.807) is 37.4 Å². The van der Waals surface area contributed by atoms with Crippen LogP contribution in [0.4, 0.5) is 14.9 Å². The van der Waals surface area contributed by atoms with Gasteiger partial charge in [0, 0.05) is 31.8 Å². The molecule has 0 aliphatic heterocycles. The predicted octanol–water partition coefficient (Wildman–Crippen LogP) is 3.09. The fourth-order valence-electron chi connectivity index (χ4n) is 2.62. The second kappa shape index (κ2) is 7.21. The Bertz CT molecular complexity index is 907. The van der Waals surface area contributed by atoms with Crippen LogP contribution in [-0.4, -0.2) is 29.2 Å². The van der Waals surface area contributed by atoms with Gasteiger partial charge in [0.25, 0.3) is 0 Å². The number of para-hydroxylation sites is 1. The third kappa shape index (κ3) is 3.71. The number of nitrogens with one attached hydrogen (secondary N) is 2. The number of halogens is 1. The van der Waals surface area contributed by atoms with E-state index in [1.807, 2.05) is 17.7 Å². The Morgan fingerprint density at radius 2 is 2.08 bits per heavy atom. The molecule has 3 rings (SSSR count). The zero-order valence-electron chi connectivity index (χ0n) is 14.0. The van der Waals surface area contributed by atoms with Crippen LogP contribution in [0.5, 0.6) is 5.75 Å². The van der Waals surface area contributed by atoms with E-state index in [0.29, 0.717) is 35.7 Å². The number of ether oxygens (including phenoxy) is 1. The van der Waals surface area contributed by atoms with Gasteiger partial charge in [0.05, 0.1) is 12.6 Å². The molecule has 0 aliphatic carbocycles. The van der Waals surface area contributed by atoms with Crippen LogP contribution in [0.1, 0.15) is 5.82 Å². The number of imidazole rings is 1. The molecule has 1 aromatic heterocycles. The Morgan fingerprint density at radius 3 is 2.84 bits per heavy atom. The number of carbonyl (C=O) groups is 1. The van der Waals surface area contributed by atoms with E-state index in [9.17, 15) is 9.18 Å². The molecule has 0 bridgehead atoms. The van der Waals surface area contributed by atoms with Crippen LogP contribution in [0.15, 0.2) is 42.5 Å². The minimum atomic E-state index is -0.344. The molecule has 7 heteroatoms. The summed E-state index contributed by atoms with van der Waals surface area (Å²) in [5.41, 5.74) is 1.72. The van der Waals surface area contributed by atoms with Crippen molar-refractivity contribution in [1.82, 2.24) is 14.9 Å². The van der Waals surface area contributed by atoms with Crippen molar-refractivity contribution in [3.05, 3.63) is 54.1 Å². The lowest BCUT2D eigenvalue weighted by atomic mass is 10.3. The number of methoxy groups -OCH3 is 1. The monoisotopic (exact) mass is 342 g/mol. The fraction of sp³-hybridized carbons (Fsp3) is 0.222. The van der Waals surface area contributed by atoms with Crippen molar-refractivity contribution in [1.29, 1.82) is 0 Å². The summed E-state index contributed by atoms with van der Waals surface area (Å²) < 4.78 is 20.7. The topological polar surface area (TPSA) is 68.2 Å². The lowest BCUT2D eigenvalue weighted by molar-refractivity contribution is 0.252. The minimum absolute atomic E-state index is 0.321. The van der Waals surface area contributed by atoms with Gasteiger partial charge in [-0.1, -0.05) is 12.1 Å². The zero-order chi connectivity index (χ0) is 17.8. The number of amides is 2. The Labute approximate surface area is 144 Å². The molecule has 6 nitrogen and oxygen atoms in total. The first-order valence-corrected chi connectivity index (χ1v) is 7.87. The van der Waals surface area contributed by atoms with Gasteiger partial charge in [-0.25, -0.2) is 14.2 Å². The lowest BCUT2D eigenvalue weighted by Crippen LogP contribution is -2.30. The van der Waals surface area contributed by atoms with Gasteiger partial charge >= 0.3 is 6.03 Å². The number of rotatable bonds is 5. The largest absolute Gasteiger partial charge is 0.497 e. The van der Waals surface area contributed by atoms with E-state index in [4.69, 9.17) is 4.74 Å². The second-order valence-corrected chi connectivity index (χ2v) is 5.56. The van der Waals surface area contributed by atoms with Gasteiger partial charge in [0.1, 0.15) is 17.1 Å². The van der Waals surface area contributed by atoms with E-state index in [2.05, 4.69) is 15.6 Å². The maximum absolute atomic E-state index is 13.8. The number of urea groups is 1. The van der Waals surface area contributed by atoms with Gasteiger partial charge in [0.2, 0.25) is 0 Å². The molecule has 2 amide bonds. The smallest absolute Gasteiger partial charge is 0.319 e. The van der Waals surface area contributed by atoms with Crippen molar-refractivity contribution in [3.63, 3.8) is 0 Å². The fourth-order valence-corrected chi connectivity index (χ4v) is 2.62. The van der Waals surface area contributed by atoms with Gasteiger partial charge < -0.3 is 19.9 Å². The van der Waals surface area contributed by atoms with E-state index in [1.165, 1.54) is 6.07 Å². The van der Waals surface area contributed by atoms with Gasteiger partial charge in [-0.05, 0) is 24.3 Å². The molecule has 0 spiro atoms. The van der Waals surface area contributed by atoms with Crippen molar-refractivity contribution in [2.45, 2.75) is 6.42 Å². The normalized spacial score (nSPS) is 10.7. The molecule has 0 unspecified atom stereocenters. The first-order chi connectivity index (χ1) is 12.1. The highest BCUT2D eigenvalue weighted by molar-refractivity contribution is 5.89. The van der Waals surface area contributed by atoms with E-state index in [0.717, 1.165) is 5.52 Å². The quantitative estimate of drug-likeness (QED) is 0.749. The average Bonchev–Trinajstić information content (AvgIpc) is 2.93. The van der Waals surface area contributed by atoms with Crippen LogP contribution in [0.25, 0.3) is 11.0 Å². The number of nitrogens with zero attached hydrogens (tertiary/aromatic N) is 2. The first kappa shape index (κ1) is 16.8. The van der Waals surface area contributed by atoms with Gasteiger partial charge in [-0.15, -0.1) is 0 Å². The molecule has 0 atom stereocenters. The zero-order valence-corrected chi connectivity index (χ0v) is 14.0. The third-order valence-corrected chi connectivity index (χ3v) is 3.92. The molecule has 0 radical (unpaired) electrons. The van der Waals surface area contributed by atoms with E-state index < -0.39 is 0 Å². The van der Waals surface area contributed by atoms with Crippen LogP contribution in [-0.2, 0) is 13.5 Å². The summed E-state index contributed by atoms with van der Waals surface area (Å²) in [7, 11) is 3.40. The molecular formula is C18H19FN4O2. The summed E-state index contributed by atoms with van der Waals surface area (Å²) in [5, 5.41) is 5.50. The number of fused-ring (bicyclic) bond motifs is 1. The Hall–Kier alpha value is -3.09. The van der Waals surface area contributed by atoms with Gasteiger partial charge in [-0.2, -0.15) is 0 Å². The number of hydrogen-bond donors (Lipinski definition) is 2. The maximum atomic E-state index is 13.8. The number of carbonyl (C=O) groups excluding carboxylic acids is 1. The molecule has 2 aromatic carbocycles. The van der Waals surface area contributed by atoms with Crippen LogP contribution < -0.4 is 15.4 Å². The maximum Gasteiger partial charge on any atom is 0.319 e. The highest BCUT2D eigenvalue weighted by Gasteiger charge is 2.11. The van der Waals surface area contributed by atoms with Gasteiger partial charge in [-0.3, -0.25) is 0 Å². The van der Waals surface area contributed by atoms with Crippen LogP contribution in [0.2, 0.25) is 0 Å². The van der Waals surface area contributed by atoms with Crippen LogP contribution >= 0.6 is 0 Å². The summed E-state index contributed by atoms with van der Waals surface area (Å²) >= 11 is 0. The van der Waals surface area contributed by atoms with Crippen molar-refractivity contribution >= 4 is 22.8 Å². The third-order valence-electron chi connectivity index (χ3n) is 3.92. The number of aryl methyl sites for hydroxylation is 1. The Balaban J connectivity index is 1.58. The molecule has 2 N–H and O–H groups in total. The summed E-state index contributed by atoms with van der Waals surface area (Å²) in [6, 6.07) is 11.6. The van der Waals surface area contributed by atoms with Crippen LogP contribution in [0.3, 0.4) is 0 Å². The standard InChI is InChI=1S/C18H19FN4O2/c1-23-15-8-4-7-14(19)17(15)22-16(23)9-10-20-18(24)21-12-5-3-6-13(11-12)25-2/h3-8,11H,9-10H2,1-2H3,(H2,20,21,24). The summed E-state index contributed by atoms with van der Waals surface area (Å²) in [5.74, 6) is 1.03. The predicted molar refractivity (Wildman–Crippen MR) is 94.4 cm³/mol. The van der Waals surface area contributed by atoms with Crippen LogP contribution in [0, 0.1) is 5.82 Å². The molecule has 0 saturated heterocycles. The minimum Gasteiger partial charge on any atom is -0.497 e. The summed E-state index contributed by atoms with van der Waals surface area (Å²) in [6.07, 6.45) is 0.496. The van der Waals surface area contributed by atoms with Crippen molar-refractivity contribution in [2.75, 3.05) is 19.0 Å². The summed E-state index contributed by atoms with van der Waals surface area (Å²) in [6.45, 7) is 0.384. The molecule has 3 aromatic rings. The molecule has 1 heterocycles. The highest BCUT2D eigenvalue weighted by atomic mass is 19.1. The van der Waals surface area contributed by atoms with E-state index >= 15 is 0 Å². The molecular weight excluding hydrogens is 323 g/mol. The molecule has 130 valence electrons. The van der Waals surface area contributed by atoms with Crippen molar-refractivity contribution in [2.24, 2.45) is 7.05 Å². The van der Waals surface area contributed by atoms with Crippen molar-refractivity contribution in [3.8, 4) is 5.75 Å². The van der Waals surface area contributed by atoms with Gasteiger partial charge in [0.15, 0.2) is 5.82 Å². The molecule has 0 aliphatic rings. The first-order valence-electron chi connectivity index (χ1n) is 7.87. The molecule has 0 saturated carbocycles. The second-order valence-electron chi connectivity index (χ2n) is 5.56. The number of anilines is 1.